The van der Waals surface area contributed by atoms with Crippen molar-refractivity contribution in [1.29, 1.82) is 0 Å². The van der Waals surface area contributed by atoms with Crippen LogP contribution >= 0.6 is 0 Å². The summed E-state index contributed by atoms with van der Waals surface area (Å²) in [7, 11) is 0. The predicted octanol–water partition coefficient (Wildman–Crippen LogP) is 3.03. The maximum Gasteiger partial charge on any atom is 0.160 e. The first-order valence-corrected chi connectivity index (χ1v) is 10.0. The first kappa shape index (κ1) is 17.7. The third-order valence-corrected chi connectivity index (χ3v) is 6.25. The molecule has 0 radical (unpaired) electrons. The SMILES string of the molecule is C[C@H]1CCc2nc3ccc(-c4cnc(C(C)(O)C5CCOCC5)nc4)nc3n21. The Morgan fingerprint density at radius 3 is 2.61 bits per heavy atom. The lowest BCUT2D eigenvalue weighted by molar-refractivity contribution is -0.0634. The van der Waals surface area contributed by atoms with Gasteiger partial charge in [-0.2, -0.15) is 0 Å². The van der Waals surface area contributed by atoms with E-state index >= 15 is 0 Å². The molecule has 1 fully saturated rings. The molecule has 1 saturated heterocycles. The molecule has 3 aromatic heterocycles. The van der Waals surface area contributed by atoms with Gasteiger partial charge in [0.05, 0.1) is 5.69 Å². The van der Waals surface area contributed by atoms with Gasteiger partial charge in [0.1, 0.15) is 16.9 Å². The molecule has 3 aromatic rings. The summed E-state index contributed by atoms with van der Waals surface area (Å²) < 4.78 is 7.65. The van der Waals surface area contributed by atoms with Crippen molar-refractivity contribution in [2.24, 2.45) is 5.92 Å². The number of aryl methyl sites for hydroxylation is 1. The minimum absolute atomic E-state index is 0.109. The standard InChI is InChI=1S/C21H25N5O2/c1-13-3-6-18-24-17-5-4-16(25-19(17)26(13)18)14-11-22-20(23-12-14)21(2,27)15-7-9-28-10-8-15/h4-5,11-13,15,27H,3,6-10H2,1-2H3/t13-,21?/m0/s1. The quantitative estimate of drug-likeness (QED) is 0.753. The number of fused-ring (bicyclic) bond motifs is 3. The minimum atomic E-state index is -1.05. The van der Waals surface area contributed by atoms with Crippen LogP contribution in [0.4, 0.5) is 0 Å². The van der Waals surface area contributed by atoms with E-state index in [0.717, 1.165) is 53.9 Å². The highest BCUT2D eigenvalue weighted by Gasteiger charge is 2.37. The molecule has 2 aliphatic heterocycles. The Bertz CT molecular complexity index is 1010. The first-order chi connectivity index (χ1) is 13.5. The Hall–Kier alpha value is -2.38. The van der Waals surface area contributed by atoms with Gasteiger partial charge in [-0.05, 0) is 51.2 Å². The van der Waals surface area contributed by atoms with E-state index in [0.29, 0.717) is 25.1 Å². The Morgan fingerprint density at radius 2 is 1.86 bits per heavy atom. The van der Waals surface area contributed by atoms with Crippen LogP contribution in [0.1, 0.15) is 50.8 Å². The molecule has 146 valence electrons. The van der Waals surface area contributed by atoms with E-state index in [9.17, 15) is 5.11 Å². The number of hydrogen-bond donors (Lipinski definition) is 1. The summed E-state index contributed by atoms with van der Waals surface area (Å²) in [5.74, 6) is 1.69. The van der Waals surface area contributed by atoms with Gasteiger partial charge in [0.2, 0.25) is 0 Å². The Labute approximate surface area is 163 Å². The summed E-state index contributed by atoms with van der Waals surface area (Å²) >= 11 is 0. The van der Waals surface area contributed by atoms with Gasteiger partial charge < -0.3 is 14.4 Å². The molecule has 2 atom stereocenters. The molecule has 2 aliphatic rings. The molecule has 1 N–H and O–H groups in total. The van der Waals surface area contributed by atoms with E-state index < -0.39 is 5.60 Å². The van der Waals surface area contributed by atoms with Crippen LogP contribution < -0.4 is 0 Å². The second-order valence-electron chi connectivity index (χ2n) is 8.15. The second-order valence-corrected chi connectivity index (χ2v) is 8.15. The highest BCUT2D eigenvalue weighted by Crippen LogP contribution is 2.34. The van der Waals surface area contributed by atoms with Gasteiger partial charge in [0.15, 0.2) is 11.5 Å². The number of ether oxygens (including phenoxy) is 1. The molecule has 7 heteroatoms. The molecule has 0 spiro atoms. The summed E-state index contributed by atoms with van der Waals surface area (Å²) in [5, 5.41) is 11.0. The molecule has 5 heterocycles. The number of nitrogens with zero attached hydrogens (tertiary/aromatic N) is 5. The Kier molecular flexibility index (Phi) is 4.17. The van der Waals surface area contributed by atoms with Gasteiger partial charge >= 0.3 is 0 Å². The summed E-state index contributed by atoms with van der Waals surface area (Å²) in [6.45, 7) is 5.37. The zero-order valence-corrected chi connectivity index (χ0v) is 16.3. The average molecular weight is 379 g/mol. The third-order valence-electron chi connectivity index (χ3n) is 6.25. The van der Waals surface area contributed by atoms with Gasteiger partial charge in [0, 0.05) is 43.6 Å². The molecule has 0 saturated carbocycles. The predicted molar refractivity (Wildman–Crippen MR) is 105 cm³/mol. The highest BCUT2D eigenvalue weighted by molar-refractivity contribution is 5.76. The van der Waals surface area contributed by atoms with Gasteiger partial charge in [-0.1, -0.05) is 0 Å². The van der Waals surface area contributed by atoms with Crippen LogP contribution in [-0.2, 0) is 16.8 Å². The molecular formula is C21H25N5O2. The first-order valence-electron chi connectivity index (χ1n) is 10.0. The van der Waals surface area contributed by atoms with Crippen molar-refractivity contribution in [2.75, 3.05) is 13.2 Å². The van der Waals surface area contributed by atoms with Crippen molar-refractivity contribution < 1.29 is 9.84 Å². The number of aliphatic hydroxyl groups is 1. The number of hydrogen-bond acceptors (Lipinski definition) is 6. The molecule has 0 bridgehead atoms. The van der Waals surface area contributed by atoms with Crippen molar-refractivity contribution in [3.8, 4) is 11.3 Å². The van der Waals surface area contributed by atoms with E-state index in [1.807, 2.05) is 12.1 Å². The van der Waals surface area contributed by atoms with E-state index in [1.165, 1.54) is 0 Å². The maximum absolute atomic E-state index is 11.0. The smallest absolute Gasteiger partial charge is 0.160 e. The lowest BCUT2D eigenvalue weighted by atomic mass is 9.82. The van der Waals surface area contributed by atoms with Crippen LogP contribution in [0.2, 0.25) is 0 Å². The van der Waals surface area contributed by atoms with Crippen LogP contribution in [0.5, 0.6) is 0 Å². The maximum atomic E-state index is 11.0. The van der Waals surface area contributed by atoms with Gasteiger partial charge in [-0.25, -0.2) is 19.9 Å². The lowest BCUT2D eigenvalue weighted by Crippen LogP contribution is -2.37. The van der Waals surface area contributed by atoms with Gasteiger partial charge in [-0.15, -0.1) is 0 Å². The van der Waals surface area contributed by atoms with Gasteiger partial charge in [0.25, 0.3) is 0 Å². The third kappa shape index (κ3) is 2.81. The van der Waals surface area contributed by atoms with Crippen molar-refractivity contribution in [3.05, 3.63) is 36.2 Å². The average Bonchev–Trinajstić information content (AvgIpc) is 3.28. The highest BCUT2D eigenvalue weighted by atomic mass is 16.5. The topological polar surface area (TPSA) is 86.0 Å². The van der Waals surface area contributed by atoms with Crippen molar-refractivity contribution in [3.63, 3.8) is 0 Å². The van der Waals surface area contributed by atoms with Crippen LogP contribution in [0, 0.1) is 5.92 Å². The zero-order valence-electron chi connectivity index (χ0n) is 16.3. The number of imidazole rings is 1. The fourth-order valence-corrected chi connectivity index (χ4v) is 4.45. The van der Waals surface area contributed by atoms with Gasteiger partial charge in [-0.3, -0.25) is 0 Å². The van der Waals surface area contributed by atoms with Crippen LogP contribution in [0.3, 0.4) is 0 Å². The van der Waals surface area contributed by atoms with Crippen LogP contribution in [-0.4, -0.2) is 42.8 Å². The molecule has 7 nitrogen and oxygen atoms in total. The Morgan fingerprint density at radius 1 is 1.11 bits per heavy atom. The van der Waals surface area contributed by atoms with Crippen molar-refractivity contribution in [1.82, 2.24) is 24.5 Å². The molecule has 5 rings (SSSR count). The number of pyridine rings is 1. The molecule has 0 amide bonds. The Balaban J connectivity index is 1.46. The van der Waals surface area contributed by atoms with Crippen LogP contribution in [0.15, 0.2) is 24.5 Å². The number of rotatable bonds is 3. The summed E-state index contributed by atoms with van der Waals surface area (Å²) in [6.07, 6.45) is 7.28. The summed E-state index contributed by atoms with van der Waals surface area (Å²) in [5.41, 5.74) is 2.48. The van der Waals surface area contributed by atoms with E-state index in [4.69, 9.17) is 14.7 Å². The summed E-state index contributed by atoms with van der Waals surface area (Å²) in [4.78, 5) is 18.5. The lowest BCUT2D eigenvalue weighted by Gasteiger charge is -2.34. The van der Waals surface area contributed by atoms with Crippen LogP contribution in [0.25, 0.3) is 22.4 Å². The summed E-state index contributed by atoms with van der Waals surface area (Å²) in [6, 6.07) is 4.41. The van der Waals surface area contributed by atoms with E-state index in [1.54, 1.807) is 19.3 Å². The second kappa shape index (κ2) is 6.60. The normalized spacial score (nSPS) is 22.3. The zero-order chi connectivity index (χ0) is 19.3. The molecule has 0 aliphatic carbocycles. The number of aromatic nitrogens is 5. The van der Waals surface area contributed by atoms with Crippen molar-refractivity contribution in [2.45, 2.75) is 51.2 Å². The molecule has 1 unspecified atom stereocenters. The van der Waals surface area contributed by atoms with Crippen molar-refractivity contribution >= 4 is 11.2 Å². The van der Waals surface area contributed by atoms with E-state index in [-0.39, 0.29) is 5.92 Å². The van der Waals surface area contributed by atoms with E-state index in [2.05, 4.69) is 21.5 Å². The molecular weight excluding hydrogens is 354 g/mol. The fraction of sp³-hybridized carbons (Fsp3) is 0.524. The largest absolute Gasteiger partial charge is 0.382 e. The molecule has 0 aromatic carbocycles. The fourth-order valence-electron chi connectivity index (χ4n) is 4.45. The molecule has 28 heavy (non-hydrogen) atoms. The minimum Gasteiger partial charge on any atom is -0.382 e. The monoisotopic (exact) mass is 379 g/mol.